The molecule has 0 atom stereocenters. The number of amides is 1. The maximum absolute atomic E-state index is 11.8. The molecule has 1 N–H and O–H groups in total. The van der Waals surface area contributed by atoms with Gasteiger partial charge in [0.15, 0.2) is 12.4 Å². The molecule has 0 radical (unpaired) electrons. The van der Waals surface area contributed by atoms with Crippen molar-refractivity contribution in [3.8, 4) is 0 Å². The molecule has 0 unspecified atom stereocenters. The van der Waals surface area contributed by atoms with Crippen LogP contribution in [0.2, 0.25) is 0 Å². The Balaban J connectivity index is 0.00000162. The molecule has 0 aliphatic carbocycles. The highest BCUT2D eigenvalue weighted by Gasteiger charge is 2.08. The van der Waals surface area contributed by atoms with E-state index in [2.05, 4.69) is 5.32 Å². The standard InChI is InChI=1S/C14H14N2O.ClH/c1-12-6-5-7-13(10-12)15-14(17)11-16-8-3-2-4-9-16;/h2-10H,11H2,1H3;1H. The van der Waals surface area contributed by atoms with Crippen molar-refractivity contribution in [3.63, 3.8) is 0 Å². The van der Waals surface area contributed by atoms with E-state index < -0.39 is 0 Å². The minimum atomic E-state index is -0.0215. The monoisotopic (exact) mass is 262 g/mol. The Labute approximate surface area is 113 Å². The van der Waals surface area contributed by atoms with E-state index in [1.165, 1.54) is 0 Å². The van der Waals surface area contributed by atoms with Gasteiger partial charge in [0.25, 0.3) is 5.91 Å². The van der Waals surface area contributed by atoms with E-state index in [-0.39, 0.29) is 18.3 Å². The van der Waals surface area contributed by atoms with Gasteiger partial charge in [-0.25, -0.2) is 0 Å². The van der Waals surface area contributed by atoms with Gasteiger partial charge in [-0.2, -0.15) is 4.57 Å². The van der Waals surface area contributed by atoms with Crippen LogP contribution < -0.4 is 22.3 Å². The zero-order valence-electron chi connectivity index (χ0n) is 10.1. The third-order valence-electron chi connectivity index (χ3n) is 2.41. The van der Waals surface area contributed by atoms with Crippen molar-refractivity contribution in [2.75, 3.05) is 5.32 Å². The quantitative estimate of drug-likeness (QED) is 0.702. The highest BCUT2D eigenvalue weighted by Crippen LogP contribution is 2.08. The summed E-state index contributed by atoms with van der Waals surface area (Å²) >= 11 is 0. The predicted octanol–water partition coefficient (Wildman–Crippen LogP) is -1.07. The Bertz CT molecular complexity index is 514. The highest BCUT2D eigenvalue weighted by atomic mass is 35.5. The maximum atomic E-state index is 11.8. The lowest BCUT2D eigenvalue weighted by molar-refractivity contribution is -0.684. The number of aryl methyl sites for hydroxylation is 1. The summed E-state index contributed by atoms with van der Waals surface area (Å²) in [7, 11) is 0. The molecule has 1 aromatic carbocycles. The molecule has 18 heavy (non-hydrogen) atoms. The van der Waals surface area contributed by atoms with E-state index >= 15 is 0 Å². The van der Waals surface area contributed by atoms with Gasteiger partial charge in [0.1, 0.15) is 0 Å². The molecule has 4 heteroatoms. The molecular formula is C14H15ClN2O. The molecule has 0 fully saturated rings. The number of nitrogens with one attached hydrogen (secondary N) is 1. The molecule has 0 saturated heterocycles. The van der Waals surface area contributed by atoms with Crippen LogP contribution in [0.15, 0.2) is 54.9 Å². The Morgan fingerprint density at radius 2 is 1.89 bits per heavy atom. The normalized spacial score (nSPS) is 9.39. The van der Waals surface area contributed by atoms with Crippen LogP contribution in [-0.2, 0) is 11.3 Å². The van der Waals surface area contributed by atoms with Crippen LogP contribution in [0, 0.1) is 6.92 Å². The SMILES string of the molecule is Cc1cccc(NC(=O)C[n+]2ccccc2)c1.[Cl-]. The fourth-order valence-corrected chi connectivity index (χ4v) is 1.63. The minimum Gasteiger partial charge on any atom is -1.00 e. The van der Waals surface area contributed by atoms with E-state index in [0.717, 1.165) is 11.3 Å². The van der Waals surface area contributed by atoms with Crippen LogP contribution >= 0.6 is 0 Å². The summed E-state index contributed by atoms with van der Waals surface area (Å²) in [6.45, 7) is 2.33. The number of carbonyl (C=O) groups excluding carboxylic acids is 1. The number of nitrogens with zero attached hydrogens (tertiary/aromatic N) is 1. The van der Waals surface area contributed by atoms with Crippen molar-refractivity contribution in [3.05, 3.63) is 60.4 Å². The van der Waals surface area contributed by atoms with Crippen LogP contribution in [0.25, 0.3) is 0 Å². The van der Waals surface area contributed by atoms with Gasteiger partial charge in [-0.3, -0.25) is 4.79 Å². The number of benzene rings is 1. The predicted molar refractivity (Wildman–Crippen MR) is 66.4 cm³/mol. The van der Waals surface area contributed by atoms with Crippen molar-refractivity contribution < 1.29 is 21.8 Å². The molecule has 1 aromatic heterocycles. The second kappa shape index (κ2) is 6.77. The first kappa shape index (κ1) is 14.2. The molecule has 0 bridgehead atoms. The maximum Gasteiger partial charge on any atom is 0.290 e. The van der Waals surface area contributed by atoms with E-state index in [0.29, 0.717) is 6.54 Å². The molecule has 0 spiro atoms. The molecular weight excluding hydrogens is 248 g/mol. The number of pyridine rings is 1. The van der Waals surface area contributed by atoms with Gasteiger partial charge in [-0.1, -0.05) is 18.2 Å². The van der Waals surface area contributed by atoms with Crippen molar-refractivity contribution in [1.29, 1.82) is 0 Å². The number of halogens is 1. The molecule has 3 nitrogen and oxygen atoms in total. The summed E-state index contributed by atoms with van der Waals surface area (Å²) < 4.78 is 1.84. The number of anilines is 1. The topological polar surface area (TPSA) is 33.0 Å². The lowest BCUT2D eigenvalue weighted by Gasteiger charge is -2.03. The zero-order chi connectivity index (χ0) is 12.1. The van der Waals surface area contributed by atoms with Crippen molar-refractivity contribution in [2.45, 2.75) is 13.5 Å². The van der Waals surface area contributed by atoms with Crippen molar-refractivity contribution in [2.24, 2.45) is 0 Å². The van der Waals surface area contributed by atoms with Crippen LogP contribution in [-0.4, -0.2) is 5.91 Å². The second-order valence-corrected chi connectivity index (χ2v) is 3.97. The molecule has 2 rings (SSSR count). The smallest absolute Gasteiger partial charge is 0.290 e. The van der Waals surface area contributed by atoms with Crippen LogP contribution in [0.5, 0.6) is 0 Å². The Morgan fingerprint density at radius 1 is 1.17 bits per heavy atom. The first-order chi connectivity index (χ1) is 8.24. The number of aromatic nitrogens is 1. The Hall–Kier alpha value is -1.87. The Kier molecular flexibility index (Phi) is 5.33. The number of hydrogen-bond donors (Lipinski definition) is 1. The van der Waals surface area contributed by atoms with Gasteiger partial charge in [0.05, 0.1) is 0 Å². The van der Waals surface area contributed by atoms with E-state index in [1.807, 2.05) is 66.3 Å². The van der Waals surface area contributed by atoms with Gasteiger partial charge < -0.3 is 17.7 Å². The van der Waals surface area contributed by atoms with E-state index in [1.54, 1.807) is 0 Å². The summed E-state index contributed by atoms with van der Waals surface area (Å²) in [5, 5.41) is 2.87. The zero-order valence-corrected chi connectivity index (χ0v) is 10.9. The van der Waals surface area contributed by atoms with Crippen LogP contribution in [0.4, 0.5) is 5.69 Å². The average molecular weight is 263 g/mol. The number of carbonyl (C=O) groups is 1. The minimum absolute atomic E-state index is 0. The molecule has 2 aromatic rings. The Morgan fingerprint density at radius 3 is 2.56 bits per heavy atom. The van der Waals surface area contributed by atoms with Crippen molar-refractivity contribution >= 4 is 11.6 Å². The van der Waals surface area contributed by atoms with E-state index in [4.69, 9.17) is 0 Å². The second-order valence-electron chi connectivity index (χ2n) is 3.97. The van der Waals surface area contributed by atoms with Gasteiger partial charge in [0.2, 0.25) is 6.54 Å². The summed E-state index contributed by atoms with van der Waals surface area (Å²) in [5.41, 5.74) is 1.97. The number of rotatable bonds is 3. The third kappa shape index (κ3) is 4.18. The van der Waals surface area contributed by atoms with E-state index in [9.17, 15) is 4.79 Å². The van der Waals surface area contributed by atoms with Gasteiger partial charge in [-0.05, 0) is 24.6 Å². The third-order valence-corrected chi connectivity index (χ3v) is 2.41. The van der Waals surface area contributed by atoms with Crippen molar-refractivity contribution in [1.82, 2.24) is 0 Å². The van der Waals surface area contributed by atoms with Crippen LogP contribution in [0.3, 0.4) is 0 Å². The van der Waals surface area contributed by atoms with Gasteiger partial charge in [-0.15, -0.1) is 0 Å². The lowest BCUT2D eigenvalue weighted by Crippen LogP contribution is -3.00. The molecule has 1 heterocycles. The fourth-order valence-electron chi connectivity index (χ4n) is 1.63. The number of hydrogen-bond acceptors (Lipinski definition) is 1. The summed E-state index contributed by atoms with van der Waals surface area (Å²) in [6.07, 6.45) is 3.74. The molecule has 94 valence electrons. The first-order valence-electron chi connectivity index (χ1n) is 5.55. The van der Waals surface area contributed by atoms with Gasteiger partial charge in [0, 0.05) is 17.8 Å². The summed E-state index contributed by atoms with van der Waals surface area (Å²) in [4.78, 5) is 11.8. The average Bonchev–Trinajstić information content (AvgIpc) is 2.30. The largest absolute Gasteiger partial charge is 1.00 e. The lowest BCUT2D eigenvalue weighted by atomic mass is 10.2. The summed E-state index contributed by atoms with van der Waals surface area (Å²) in [5.74, 6) is -0.0215. The molecule has 0 aliphatic rings. The highest BCUT2D eigenvalue weighted by molar-refractivity contribution is 5.89. The first-order valence-corrected chi connectivity index (χ1v) is 5.55. The van der Waals surface area contributed by atoms with Gasteiger partial charge >= 0.3 is 0 Å². The summed E-state index contributed by atoms with van der Waals surface area (Å²) in [6, 6.07) is 13.5. The molecule has 1 amide bonds. The van der Waals surface area contributed by atoms with Crippen LogP contribution in [0.1, 0.15) is 5.56 Å². The molecule has 0 saturated carbocycles. The molecule has 0 aliphatic heterocycles. The fraction of sp³-hybridized carbons (Fsp3) is 0.143.